The molecule has 0 saturated heterocycles. The van der Waals surface area contributed by atoms with Gasteiger partial charge in [0.05, 0.1) is 25.1 Å². The normalized spacial score (nSPS) is 13.4. The molecule has 0 aliphatic heterocycles. The van der Waals surface area contributed by atoms with Crippen molar-refractivity contribution in [3.63, 3.8) is 0 Å². The molecule has 1 amide bonds. The van der Waals surface area contributed by atoms with E-state index in [0.717, 1.165) is 28.7 Å². The Labute approximate surface area is 180 Å². The summed E-state index contributed by atoms with van der Waals surface area (Å²) in [4.78, 5) is 13.2. The second-order valence-corrected chi connectivity index (χ2v) is 9.38. The van der Waals surface area contributed by atoms with Gasteiger partial charge in [-0.1, -0.05) is 38.1 Å². The lowest BCUT2D eigenvalue weighted by Crippen LogP contribution is -2.50. The number of sulfonamides is 1. The van der Waals surface area contributed by atoms with Crippen molar-refractivity contribution in [1.82, 2.24) is 5.32 Å². The van der Waals surface area contributed by atoms with Crippen LogP contribution in [0.15, 0.2) is 42.5 Å². The predicted molar refractivity (Wildman–Crippen MR) is 121 cm³/mol. The number of hydrogen-bond acceptors (Lipinski definition) is 4. The van der Waals surface area contributed by atoms with Crippen molar-refractivity contribution in [2.45, 2.75) is 52.6 Å². The minimum absolute atomic E-state index is 0.227. The molecule has 2 aromatic rings. The molecule has 2 aromatic carbocycles. The average Bonchev–Trinajstić information content (AvgIpc) is 2.68. The van der Waals surface area contributed by atoms with Crippen LogP contribution >= 0.6 is 0 Å². The topological polar surface area (TPSA) is 75.7 Å². The van der Waals surface area contributed by atoms with Gasteiger partial charge >= 0.3 is 0 Å². The summed E-state index contributed by atoms with van der Waals surface area (Å²) in [6.07, 6.45) is 2.16. The number of rotatable bonds is 9. The predicted octanol–water partition coefficient (Wildman–Crippen LogP) is 4.12. The number of aryl methyl sites for hydroxylation is 2. The van der Waals surface area contributed by atoms with E-state index in [1.54, 1.807) is 25.3 Å². The Morgan fingerprint density at radius 3 is 2.30 bits per heavy atom. The smallest absolute Gasteiger partial charge is 0.244 e. The third-order valence-corrected chi connectivity index (χ3v) is 6.31. The van der Waals surface area contributed by atoms with Crippen molar-refractivity contribution in [2.24, 2.45) is 0 Å². The van der Waals surface area contributed by atoms with Crippen LogP contribution in [0.25, 0.3) is 0 Å². The van der Waals surface area contributed by atoms with Crippen LogP contribution < -0.4 is 14.4 Å². The number of benzene rings is 2. The number of hydrogen-bond donors (Lipinski definition) is 1. The molecule has 0 heterocycles. The number of carbonyl (C=O) groups excluding carboxylic acids is 1. The summed E-state index contributed by atoms with van der Waals surface area (Å²) in [7, 11) is -2.03. The van der Waals surface area contributed by atoms with E-state index in [1.807, 2.05) is 52.0 Å². The number of ether oxygens (including phenoxy) is 1. The van der Waals surface area contributed by atoms with Gasteiger partial charge in [0.1, 0.15) is 11.8 Å². The van der Waals surface area contributed by atoms with Gasteiger partial charge in [-0.15, -0.1) is 0 Å². The van der Waals surface area contributed by atoms with Gasteiger partial charge in [0.2, 0.25) is 15.9 Å². The van der Waals surface area contributed by atoms with Crippen LogP contribution in [0.2, 0.25) is 0 Å². The summed E-state index contributed by atoms with van der Waals surface area (Å²) < 4.78 is 31.8. The van der Waals surface area contributed by atoms with Gasteiger partial charge in [-0.2, -0.15) is 0 Å². The second-order valence-electron chi connectivity index (χ2n) is 7.52. The van der Waals surface area contributed by atoms with E-state index in [0.29, 0.717) is 18.5 Å². The van der Waals surface area contributed by atoms with Gasteiger partial charge < -0.3 is 10.1 Å². The Hall–Kier alpha value is -2.54. The van der Waals surface area contributed by atoms with Crippen LogP contribution in [0.3, 0.4) is 0 Å². The number of nitrogens with one attached hydrogen (secondary N) is 1. The highest BCUT2D eigenvalue weighted by molar-refractivity contribution is 7.92. The molecule has 0 fully saturated rings. The maximum Gasteiger partial charge on any atom is 0.244 e. The number of methoxy groups -OCH3 is 1. The van der Waals surface area contributed by atoms with Crippen LogP contribution in [-0.4, -0.2) is 33.7 Å². The lowest BCUT2D eigenvalue weighted by molar-refractivity contribution is -0.123. The quantitative estimate of drug-likeness (QED) is 0.647. The van der Waals surface area contributed by atoms with Crippen molar-refractivity contribution >= 4 is 21.6 Å². The average molecular weight is 433 g/mol. The molecule has 0 radical (unpaired) electrons. The number of nitrogens with zero attached hydrogens (tertiary/aromatic N) is 1. The van der Waals surface area contributed by atoms with Crippen molar-refractivity contribution in [1.29, 1.82) is 0 Å². The molecule has 2 atom stereocenters. The minimum Gasteiger partial charge on any atom is -0.496 e. The Kier molecular flexibility index (Phi) is 7.89. The number of anilines is 1. The minimum atomic E-state index is -3.66. The van der Waals surface area contributed by atoms with Crippen molar-refractivity contribution < 1.29 is 17.9 Å². The first-order chi connectivity index (χ1) is 14.1. The molecule has 30 heavy (non-hydrogen) atoms. The first-order valence-corrected chi connectivity index (χ1v) is 12.0. The molecule has 7 heteroatoms. The summed E-state index contributed by atoms with van der Waals surface area (Å²) in [5, 5.41) is 3.05. The molecular formula is C23H32N2O4S. The summed E-state index contributed by atoms with van der Waals surface area (Å²) in [6, 6.07) is 11.9. The van der Waals surface area contributed by atoms with E-state index in [-0.39, 0.29) is 11.9 Å². The summed E-state index contributed by atoms with van der Waals surface area (Å²) in [6.45, 7) is 7.65. The molecule has 2 rings (SSSR count). The van der Waals surface area contributed by atoms with E-state index in [1.165, 1.54) is 4.31 Å². The standard InChI is InChI=1S/C23H32N2O4S/c1-7-20(18-12-13-22(29-5)17(4)15-18)24-23(26)21(8-2)25(30(6,27)28)19-11-9-10-16(3)14-19/h9-15,20-21H,7-8H2,1-6H3,(H,24,26)/t20-,21+/m1/s1. The summed E-state index contributed by atoms with van der Waals surface area (Å²) >= 11 is 0. The molecule has 164 valence electrons. The number of carbonyl (C=O) groups is 1. The molecule has 1 N–H and O–H groups in total. The van der Waals surface area contributed by atoms with Crippen LogP contribution in [0.1, 0.15) is 49.4 Å². The van der Waals surface area contributed by atoms with Crippen molar-refractivity contribution in [2.75, 3.05) is 17.7 Å². The van der Waals surface area contributed by atoms with Gasteiger partial charge in [-0.3, -0.25) is 9.10 Å². The molecule has 0 aliphatic rings. The van der Waals surface area contributed by atoms with E-state index in [4.69, 9.17) is 4.74 Å². The Morgan fingerprint density at radius 1 is 1.10 bits per heavy atom. The zero-order valence-corrected chi connectivity index (χ0v) is 19.4. The van der Waals surface area contributed by atoms with E-state index in [9.17, 15) is 13.2 Å². The highest BCUT2D eigenvalue weighted by Crippen LogP contribution is 2.27. The van der Waals surface area contributed by atoms with E-state index < -0.39 is 16.1 Å². The lowest BCUT2D eigenvalue weighted by atomic mass is 10.0. The highest BCUT2D eigenvalue weighted by atomic mass is 32.2. The van der Waals surface area contributed by atoms with Gasteiger partial charge in [0, 0.05) is 0 Å². The fraction of sp³-hybridized carbons (Fsp3) is 0.435. The van der Waals surface area contributed by atoms with Crippen LogP contribution in [0.5, 0.6) is 5.75 Å². The van der Waals surface area contributed by atoms with Gasteiger partial charge in [0.25, 0.3) is 0 Å². The molecular weight excluding hydrogens is 400 g/mol. The fourth-order valence-electron chi connectivity index (χ4n) is 3.63. The summed E-state index contributed by atoms with van der Waals surface area (Å²) in [5.41, 5.74) is 3.36. The highest BCUT2D eigenvalue weighted by Gasteiger charge is 2.32. The maximum absolute atomic E-state index is 13.2. The maximum atomic E-state index is 13.2. The largest absolute Gasteiger partial charge is 0.496 e. The fourth-order valence-corrected chi connectivity index (χ4v) is 4.84. The molecule has 0 saturated carbocycles. The van der Waals surface area contributed by atoms with Crippen LogP contribution in [-0.2, 0) is 14.8 Å². The van der Waals surface area contributed by atoms with Crippen molar-refractivity contribution in [3.8, 4) is 5.75 Å². The molecule has 0 spiro atoms. The van der Waals surface area contributed by atoms with Crippen molar-refractivity contribution in [3.05, 3.63) is 59.2 Å². The monoisotopic (exact) mass is 432 g/mol. The van der Waals surface area contributed by atoms with Crippen LogP contribution in [0.4, 0.5) is 5.69 Å². The lowest BCUT2D eigenvalue weighted by Gasteiger charge is -2.31. The zero-order chi connectivity index (χ0) is 22.5. The van der Waals surface area contributed by atoms with E-state index >= 15 is 0 Å². The summed E-state index contributed by atoms with van der Waals surface area (Å²) in [5.74, 6) is 0.471. The molecule has 0 aliphatic carbocycles. The Bertz CT molecular complexity index is 988. The molecule has 6 nitrogen and oxygen atoms in total. The second kappa shape index (κ2) is 9.98. The SMILES string of the molecule is CC[C@@H](NC(=O)[C@H](CC)N(c1cccc(C)c1)S(C)(=O)=O)c1ccc(OC)c(C)c1. The van der Waals surface area contributed by atoms with Crippen LogP contribution in [0, 0.1) is 13.8 Å². The Balaban J connectivity index is 2.35. The number of amides is 1. The zero-order valence-electron chi connectivity index (χ0n) is 18.6. The van der Waals surface area contributed by atoms with Gasteiger partial charge in [-0.05, 0) is 61.6 Å². The molecule has 0 unspecified atom stereocenters. The third-order valence-electron chi connectivity index (χ3n) is 5.13. The first kappa shape index (κ1) is 23.7. The molecule has 0 bridgehead atoms. The first-order valence-electron chi connectivity index (χ1n) is 10.1. The molecule has 0 aromatic heterocycles. The van der Waals surface area contributed by atoms with E-state index in [2.05, 4.69) is 5.32 Å². The van der Waals surface area contributed by atoms with Gasteiger partial charge in [0.15, 0.2) is 0 Å². The van der Waals surface area contributed by atoms with Gasteiger partial charge in [-0.25, -0.2) is 8.42 Å². The Morgan fingerprint density at radius 2 is 1.80 bits per heavy atom. The third kappa shape index (κ3) is 5.53.